The summed E-state index contributed by atoms with van der Waals surface area (Å²) < 4.78 is 6.17. The fraction of sp³-hybridized carbons (Fsp3) is 0.471. The van der Waals surface area contributed by atoms with Crippen molar-refractivity contribution in [3.05, 3.63) is 40.4 Å². The topological polar surface area (TPSA) is 29.5 Å². The highest BCUT2D eigenvalue weighted by molar-refractivity contribution is 9.10. The number of ether oxygens (including phenoxy) is 1. The van der Waals surface area contributed by atoms with E-state index in [9.17, 15) is 4.79 Å². The van der Waals surface area contributed by atoms with Crippen molar-refractivity contribution in [1.29, 1.82) is 0 Å². The van der Waals surface area contributed by atoms with Gasteiger partial charge in [-0.15, -0.1) is 0 Å². The first-order valence-electron chi connectivity index (χ1n) is 7.49. The Morgan fingerprint density at radius 2 is 2.29 bits per heavy atom. The van der Waals surface area contributed by atoms with Crippen molar-refractivity contribution in [1.82, 2.24) is 4.90 Å². The summed E-state index contributed by atoms with van der Waals surface area (Å²) in [5.41, 5.74) is 1.16. The smallest absolute Gasteiger partial charge is 0.223 e. The van der Waals surface area contributed by atoms with Gasteiger partial charge in [0.1, 0.15) is 5.75 Å². The van der Waals surface area contributed by atoms with Gasteiger partial charge in [-0.3, -0.25) is 4.79 Å². The van der Waals surface area contributed by atoms with Crippen molar-refractivity contribution in [2.24, 2.45) is 0 Å². The Hall–Kier alpha value is -1.29. The number of carbonyl (C=O) groups excluding carboxylic acids is 1. The Balaban J connectivity index is 1.61. The molecule has 0 spiro atoms. The lowest BCUT2D eigenvalue weighted by molar-refractivity contribution is -0.133. The first-order chi connectivity index (χ1) is 10.2. The third kappa shape index (κ3) is 3.00. The van der Waals surface area contributed by atoms with Gasteiger partial charge in [0.2, 0.25) is 5.91 Å². The van der Waals surface area contributed by atoms with Crippen LogP contribution in [0.25, 0.3) is 0 Å². The molecule has 3 rings (SSSR count). The first kappa shape index (κ1) is 14.6. The number of hydrogen-bond acceptors (Lipinski definition) is 2. The van der Waals surface area contributed by atoms with E-state index in [0.29, 0.717) is 24.4 Å². The minimum atomic E-state index is 0.291. The van der Waals surface area contributed by atoms with Crippen molar-refractivity contribution in [2.75, 3.05) is 7.11 Å². The quantitative estimate of drug-likeness (QED) is 0.775. The van der Waals surface area contributed by atoms with Crippen LogP contribution in [0.4, 0.5) is 0 Å². The number of amides is 1. The number of methoxy groups -OCH3 is 1. The van der Waals surface area contributed by atoms with E-state index in [1.807, 2.05) is 18.2 Å². The Morgan fingerprint density at radius 1 is 1.43 bits per heavy atom. The Kier molecular flexibility index (Phi) is 4.34. The molecule has 2 unspecified atom stereocenters. The number of halogens is 1. The predicted octanol–water partition coefficient (Wildman–Crippen LogP) is 3.71. The first-order valence-corrected chi connectivity index (χ1v) is 8.28. The highest BCUT2D eigenvalue weighted by atomic mass is 79.9. The lowest BCUT2D eigenvalue weighted by Gasteiger charge is -2.31. The summed E-state index contributed by atoms with van der Waals surface area (Å²) in [6.07, 6.45) is 9.09. The van der Waals surface area contributed by atoms with Crippen LogP contribution in [0.5, 0.6) is 5.75 Å². The molecule has 1 saturated heterocycles. The summed E-state index contributed by atoms with van der Waals surface area (Å²) in [5.74, 6) is 1.11. The average Bonchev–Trinajstić information content (AvgIpc) is 2.74. The normalized spacial score (nSPS) is 23.4. The molecule has 21 heavy (non-hydrogen) atoms. The second-order valence-corrected chi connectivity index (χ2v) is 6.59. The van der Waals surface area contributed by atoms with Crippen molar-refractivity contribution in [3.8, 4) is 5.75 Å². The third-order valence-electron chi connectivity index (χ3n) is 4.44. The maximum atomic E-state index is 12.5. The molecule has 2 aliphatic rings. The predicted molar refractivity (Wildman–Crippen MR) is 86.4 cm³/mol. The number of aryl methyl sites for hydroxylation is 1. The van der Waals surface area contributed by atoms with Gasteiger partial charge < -0.3 is 9.64 Å². The Bertz CT molecular complexity index is 570. The molecule has 2 aliphatic heterocycles. The van der Waals surface area contributed by atoms with E-state index in [2.05, 4.69) is 33.0 Å². The molecule has 1 fully saturated rings. The molecule has 1 amide bonds. The minimum Gasteiger partial charge on any atom is -0.496 e. The molecule has 2 atom stereocenters. The summed E-state index contributed by atoms with van der Waals surface area (Å²) in [4.78, 5) is 14.6. The van der Waals surface area contributed by atoms with Crippen LogP contribution < -0.4 is 4.74 Å². The van der Waals surface area contributed by atoms with Crippen molar-refractivity contribution in [3.63, 3.8) is 0 Å². The summed E-state index contributed by atoms with van der Waals surface area (Å²) in [5, 5.41) is 0. The van der Waals surface area contributed by atoms with Crippen LogP contribution in [0.15, 0.2) is 34.8 Å². The van der Waals surface area contributed by atoms with Crippen molar-refractivity contribution >= 4 is 21.8 Å². The summed E-state index contributed by atoms with van der Waals surface area (Å²) in [6.45, 7) is 0. The van der Waals surface area contributed by atoms with Gasteiger partial charge >= 0.3 is 0 Å². The van der Waals surface area contributed by atoms with E-state index >= 15 is 0 Å². The fourth-order valence-electron chi connectivity index (χ4n) is 3.36. The monoisotopic (exact) mass is 349 g/mol. The summed E-state index contributed by atoms with van der Waals surface area (Å²) in [7, 11) is 1.66. The van der Waals surface area contributed by atoms with E-state index in [4.69, 9.17) is 4.74 Å². The number of hydrogen-bond donors (Lipinski definition) is 0. The molecular weight excluding hydrogens is 330 g/mol. The lowest BCUT2D eigenvalue weighted by atomic mass is 10.1. The van der Waals surface area contributed by atoms with Gasteiger partial charge in [0, 0.05) is 12.5 Å². The van der Waals surface area contributed by atoms with Gasteiger partial charge in [0.05, 0.1) is 17.6 Å². The van der Waals surface area contributed by atoms with Crippen LogP contribution in [-0.4, -0.2) is 30.0 Å². The molecule has 4 heteroatoms. The zero-order valence-corrected chi connectivity index (χ0v) is 13.8. The second kappa shape index (κ2) is 6.22. The Labute approximate surface area is 134 Å². The maximum absolute atomic E-state index is 12.5. The number of rotatable bonds is 4. The molecule has 3 nitrogen and oxygen atoms in total. The van der Waals surface area contributed by atoms with Crippen LogP contribution in [-0.2, 0) is 11.2 Å². The highest BCUT2D eigenvalue weighted by Crippen LogP contribution is 2.32. The maximum Gasteiger partial charge on any atom is 0.223 e. The van der Waals surface area contributed by atoms with E-state index in [1.54, 1.807) is 7.11 Å². The van der Waals surface area contributed by atoms with Crippen molar-refractivity contribution < 1.29 is 9.53 Å². The van der Waals surface area contributed by atoms with E-state index in [-0.39, 0.29) is 0 Å². The summed E-state index contributed by atoms with van der Waals surface area (Å²) >= 11 is 3.49. The molecule has 0 aliphatic carbocycles. The molecule has 112 valence electrons. The molecule has 0 N–H and O–H groups in total. The molecule has 0 radical (unpaired) electrons. The molecule has 2 bridgehead atoms. The van der Waals surface area contributed by atoms with Gasteiger partial charge in [-0.05, 0) is 59.3 Å². The van der Waals surface area contributed by atoms with Gasteiger partial charge in [-0.25, -0.2) is 0 Å². The van der Waals surface area contributed by atoms with Crippen molar-refractivity contribution in [2.45, 2.75) is 44.2 Å². The van der Waals surface area contributed by atoms with Gasteiger partial charge in [-0.1, -0.05) is 18.2 Å². The van der Waals surface area contributed by atoms with Crippen LogP contribution in [0.3, 0.4) is 0 Å². The lowest BCUT2D eigenvalue weighted by Crippen LogP contribution is -2.42. The van der Waals surface area contributed by atoms with E-state index in [1.165, 1.54) is 0 Å². The molecule has 1 aromatic carbocycles. The summed E-state index contributed by atoms with van der Waals surface area (Å²) in [6, 6.07) is 6.80. The molecule has 0 aromatic heterocycles. The molecule has 0 saturated carbocycles. The second-order valence-electron chi connectivity index (χ2n) is 5.73. The van der Waals surface area contributed by atoms with E-state index in [0.717, 1.165) is 41.5 Å². The van der Waals surface area contributed by atoms with Gasteiger partial charge in [0.15, 0.2) is 0 Å². The Morgan fingerprint density at radius 3 is 3.00 bits per heavy atom. The van der Waals surface area contributed by atoms with Crippen LogP contribution in [0.1, 0.15) is 31.2 Å². The number of nitrogens with zero attached hydrogens (tertiary/aromatic N) is 1. The molecule has 2 heterocycles. The zero-order valence-electron chi connectivity index (χ0n) is 12.2. The fourth-order valence-corrected chi connectivity index (χ4v) is 3.95. The van der Waals surface area contributed by atoms with Crippen LogP contribution in [0, 0.1) is 0 Å². The largest absolute Gasteiger partial charge is 0.496 e. The standard InChI is InChI=1S/C17H20BrNO2/c1-21-16-9-5-12(11-15(16)18)6-10-17(20)19-13-3-2-4-14(19)8-7-13/h2-3,5,9,11,13-14H,4,6-8,10H2,1H3. The van der Waals surface area contributed by atoms with Gasteiger partial charge in [0.25, 0.3) is 0 Å². The number of benzene rings is 1. The highest BCUT2D eigenvalue weighted by Gasteiger charge is 2.36. The van der Waals surface area contributed by atoms with Crippen LogP contribution in [0.2, 0.25) is 0 Å². The van der Waals surface area contributed by atoms with Crippen LogP contribution >= 0.6 is 15.9 Å². The number of carbonyl (C=O) groups is 1. The molecule has 1 aromatic rings. The third-order valence-corrected chi connectivity index (χ3v) is 5.06. The minimum absolute atomic E-state index is 0.291. The number of fused-ring (bicyclic) bond motifs is 2. The zero-order chi connectivity index (χ0) is 14.8. The molecular formula is C17H20BrNO2. The van der Waals surface area contributed by atoms with Gasteiger partial charge in [-0.2, -0.15) is 0 Å². The average molecular weight is 350 g/mol. The SMILES string of the molecule is COc1ccc(CCC(=O)N2C3C=CCC2CC3)cc1Br. The van der Waals surface area contributed by atoms with E-state index < -0.39 is 0 Å².